The van der Waals surface area contributed by atoms with Gasteiger partial charge in [-0.3, -0.25) is 4.79 Å². The summed E-state index contributed by atoms with van der Waals surface area (Å²) < 4.78 is 27.8. The minimum Gasteiger partial charge on any atom is -0.337 e. The van der Waals surface area contributed by atoms with Crippen molar-refractivity contribution < 1.29 is 13.2 Å². The Kier molecular flexibility index (Phi) is 8.00. The maximum absolute atomic E-state index is 12.8. The molecular weight excluding hydrogens is 398 g/mol. The van der Waals surface area contributed by atoms with Crippen LogP contribution < -0.4 is 10.0 Å². The summed E-state index contributed by atoms with van der Waals surface area (Å²) in [6.45, 7) is 1.54. The molecule has 1 heterocycles. The van der Waals surface area contributed by atoms with E-state index in [4.69, 9.17) is 0 Å². The lowest BCUT2D eigenvalue weighted by molar-refractivity contribution is 0.0698. The van der Waals surface area contributed by atoms with E-state index < -0.39 is 10.0 Å². The largest absolute Gasteiger partial charge is 0.337 e. The number of hydrogen-bond donors (Lipinski definition) is 2. The summed E-state index contributed by atoms with van der Waals surface area (Å²) in [6.07, 6.45) is 1.98. The van der Waals surface area contributed by atoms with E-state index in [1.165, 1.54) is 12.1 Å². The minimum absolute atomic E-state index is 0. The van der Waals surface area contributed by atoms with Crippen molar-refractivity contribution in [2.24, 2.45) is 0 Å². The number of nitrogens with zero attached hydrogens (tertiary/aromatic N) is 1. The molecule has 1 amide bonds. The summed E-state index contributed by atoms with van der Waals surface area (Å²) in [5.74, 6) is -0.130. The molecule has 0 radical (unpaired) electrons. The maximum Gasteiger partial charge on any atom is 0.253 e. The summed E-state index contributed by atoms with van der Waals surface area (Å²) in [7, 11) is -1.80. The first-order valence-electron chi connectivity index (χ1n) is 9.10. The Morgan fingerprint density at radius 3 is 2.61 bits per heavy atom. The van der Waals surface area contributed by atoms with Crippen LogP contribution in [0.4, 0.5) is 0 Å². The van der Waals surface area contributed by atoms with Crippen molar-refractivity contribution in [2.45, 2.75) is 30.3 Å². The van der Waals surface area contributed by atoms with Crippen molar-refractivity contribution in [3.8, 4) is 0 Å². The first-order chi connectivity index (χ1) is 13.0. The van der Waals surface area contributed by atoms with Gasteiger partial charge >= 0.3 is 0 Å². The number of likely N-dealkylation sites (tertiary alicyclic amines) is 1. The normalized spacial score (nSPS) is 17.0. The number of piperidine rings is 1. The maximum atomic E-state index is 12.8. The molecule has 28 heavy (non-hydrogen) atoms. The summed E-state index contributed by atoms with van der Waals surface area (Å²) in [6, 6.07) is 15.9. The molecule has 152 valence electrons. The van der Waals surface area contributed by atoms with Crippen LogP contribution in [0.3, 0.4) is 0 Å². The standard InChI is InChI=1S/C20H25N3O3S.ClH/c1-21-18-10-6-12-23(15-18)20(24)17-9-5-11-19(13-17)27(25,26)22-14-16-7-3-2-4-8-16;/h2-5,7-9,11,13,18,21-22H,6,10,12,14-15H2,1H3;1H. The van der Waals surface area contributed by atoms with Gasteiger partial charge in [0, 0.05) is 31.2 Å². The zero-order valence-corrected chi connectivity index (χ0v) is 17.4. The smallest absolute Gasteiger partial charge is 0.253 e. The van der Waals surface area contributed by atoms with Crippen LogP contribution in [0.1, 0.15) is 28.8 Å². The molecule has 1 saturated heterocycles. The van der Waals surface area contributed by atoms with Gasteiger partial charge in [-0.15, -0.1) is 12.4 Å². The fourth-order valence-electron chi connectivity index (χ4n) is 3.23. The molecule has 1 aliphatic heterocycles. The second kappa shape index (κ2) is 10.0. The van der Waals surface area contributed by atoms with Gasteiger partial charge in [0.1, 0.15) is 0 Å². The Morgan fingerprint density at radius 1 is 1.14 bits per heavy atom. The predicted molar refractivity (Wildman–Crippen MR) is 112 cm³/mol. The average molecular weight is 424 g/mol. The fourth-order valence-corrected chi connectivity index (χ4v) is 4.30. The molecule has 0 aliphatic carbocycles. The quantitative estimate of drug-likeness (QED) is 0.747. The number of carbonyl (C=O) groups excluding carboxylic acids is 1. The zero-order valence-electron chi connectivity index (χ0n) is 15.8. The van der Waals surface area contributed by atoms with Crippen LogP contribution in [0.15, 0.2) is 59.5 Å². The summed E-state index contributed by atoms with van der Waals surface area (Å²) in [4.78, 5) is 14.7. The van der Waals surface area contributed by atoms with Gasteiger partial charge in [0.05, 0.1) is 4.90 Å². The molecule has 2 N–H and O–H groups in total. The number of halogens is 1. The lowest BCUT2D eigenvalue weighted by Crippen LogP contribution is -2.47. The first-order valence-corrected chi connectivity index (χ1v) is 10.6. The second-order valence-electron chi connectivity index (χ2n) is 6.72. The van der Waals surface area contributed by atoms with Gasteiger partial charge in [-0.05, 0) is 43.7 Å². The van der Waals surface area contributed by atoms with E-state index in [-0.39, 0.29) is 35.8 Å². The molecule has 1 atom stereocenters. The van der Waals surface area contributed by atoms with E-state index >= 15 is 0 Å². The Labute approximate surface area is 172 Å². The highest BCUT2D eigenvalue weighted by molar-refractivity contribution is 7.89. The first kappa shape index (κ1) is 22.4. The molecule has 0 saturated carbocycles. The number of benzene rings is 2. The fraction of sp³-hybridized carbons (Fsp3) is 0.350. The Bertz CT molecular complexity index is 891. The average Bonchev–Trinajstić information content (AvgIpc) is 2.72. The molecule has 0 aromatic heterocycles. The third-order valence-corrected chi connectivity index (χ3v) is 6.22. The van der Waals surface area contributed by atoms with E-state index in [2.05, 4.69) is 10.0 Å². The van der Waals surface area contributed by atoms with Gasteiger partial charge in [0.25, 0.3) is 5.91 Å². The molecule has 6 nitrogen and oxygen atoms in total. The van der Waals surface area contributed by atoms with Gasteiger partial charge in [-0.25, -0.2) is 13.1 Å². The SMILES string of the molecule is CNC1CCCN(C(=O)c2cccc(S(=O)(=O)NCc3ccccc3)c2)C1.Cl. The Balaban J connectivity index is 0.00000280. The van der Waals surface area contributed by atoms with Crippen molar-refractivity contribution in [3.05, 3.63) is 65.7 Å². The van der Waals surface area contributed by atoms with Crippen LogP contribution >= 0.6 is 12.4 Å². The number of hydrogen-bond acceptors (Lipinski definition) is 4. The predicted octanol–water partition coefficient (Wildman–Crippen LogP) is 2.41. The molecule has 1 unspecified atom stereocenters. The summed E-state index contributed by atoms with van der Waals surface area (Å²) in [5, 5.41) is 3.21. The number of amides is 1. The third-order valence-electron chi connectivity index (χ3n) is 4.82. The second-order valence-corrected chi connectivity index (χ2v) is 8.48. The molecule has 0 spiro atoms. The number of likely N-dealkylation sites (N-methyl/N-ethyl adjacent to an activating group) is 1. The van der Waals surface area contributed by atoms with Gasteiger partial charge in [-0.1, -0.05) is 36.4 Å². The lowest BCUT2D eigenvalue weighted by atomic mass is 10.0. The van der Waals surface area contributed by atoms with Crippen LogP contribution in [0.5, 0.6) is 0 Å². The van der Waals surface area contributed by atoms with Crippen LogP contribution in [0.25, 0.3) is 0 Å². The van der Waals surface area contributed by atoms with E-state index in [9.17, 15) is 13.2 Å². The molecular formula is C20H26ClN3O3S. The molecule has 2 aromatic carbocycles. The van der Waals surface area contributed by atoms with Gasteiger partial charge in [0.2, 0.25) is 10.0 Å². The van der Waals surface area contributed by atoms with Crippen LogP contribution in [0, 0.1) is 0 Å². The minimum atomic E-state index is -3.69. The van der Waals surface area contributed by atoms with Crippen molar-refractivity contribution >= 4 is 28.3 Å². The van der Waals surface area contributed by atoms with Crippen LogP contribution in [-0.2, 0) is 16.6 Å². The van der Waals surface area contributed by atoms with Gasteiger partial charge in [-0.2, -0.15) is 0 Å². The molecule has 2 aromatic rings. The highest BCUT2D eigenvalue weighted by Gasteiger charge is 2.24. The van der Waals surface area contributed by atoms with E-state index in [0.717, 1.165) is 18.4 Å². The van der Waals surface area contributed by atoms with E-state index in [1.807, 2.05) is 37.4 Å². The molecule has 3 rings (SSSR count). The highest BCUT2D eigenvalue weighted by Crippen LogP contribution is 2.17. The molecule has 1 aliphatic rings. The zero-order chi connectivity index (χ0) is 19.3. The number of rotatable bonds is 6. The van der Waals surface area contributed by atoms with Crippen molar-refractivity contribution in [1.82, 2.24) is 14.9 Å². The highest BCUT2D eigenvalue weighted by atomic mass is 35.5. The molecule has 0 bridgehead atoms. The van der Waals surface area contributed by atoms with Gasteiger partial charge < -0.3 is 10.2 Å². The summed E-state index contributed by atoms with van der Waals surface area (Å²) >= 11 is 0. The van der Waals surface area contributed by atoms with E-state index in [0.29, 0.717) is 18.7 Å². The summed E-state index contributed by atoms with van der Waals surface area (Å²) in [5.41, 5.74) is 1.27. The molecule has 8 heteroatoms. The topological polar surface area (TPSA) is 78.5 Å². The third kappa shape index (κ3) is 5.54. The Hall–Kier alpha value is -1.93. The van der Waals surface area contributed by atoms with E-state index in [1.54, 1.807) is 17.0 Å². The van der Waals surface area contributed by atoms with Crippen LogP contribution in [-0.4, -0.2) is 45.4 Å². The van der Waals surface area contributed by atoms with Crippen LogP contribution in [0.2, 0.25) is 0 Å². The monoisotopic (exact) mass is 423 g/mol. The Morgan fingerprint density at radius 2 is 1.89 bits per heavy atom. The van der Waals surface area contributed by atoms with Crippen molar-refractivity contribution in [1.29, 1.82) is 0 Å². The molecule has 1 fully saturated rings. The van der Waals surface area contributed by atoms with Crippen molar-refractivity contribution in [3.63, 3.8) is 0 Å². The lowest BCUT2D eigenvalue weighted by Gasteiger charge is -2.32. The number of carbonyl (C=O) groups is 1. The number of sulfonamides is 1. The van der Waals surface area contributed by atoms with Crippen molar-refractivity contribution in [2.75, 3.05) is 20.1 Å². The van der Waals surface area contributed by atoms with Gasteiger partial charge in [0.15, 0.2) is 0 Å². The number of nitrogens with one attached hydrogen (secondary N) is 2.